The van der Waals surface area contributed by atoms with E-state index in [9.17, 15) is 9.59 Å². The summed E-state index contributed by atoms with van der Waals surface area (Å²) in [6.07, 6.45) is 8.26. The molecule has 0 saturated carbocycles. The molecule has 0 radical (unpaired) electrons. The van der Waals surface area contributed by atoms with Gasteiger partial charge >= 0.3 is 0 Å². The van der Waals surface area contributed by atoms with E-state index in [0.29, 0.717) is 36.6 Å². The number of pyridine rings is 1. The summed E-state index contributed by atoms with van der Waals surface area (Å²) in [7, 11) is 0. The van der Waals surface area contributed by atoms with E-state index in [1.165, 1.54) is 11.1 Å². The normalized spacial score (nSPS) is 21.4. The van der Waals surface area contributed by atoms with Crippen LogP contribution in [0.3, 0.4) is 0 Å². The molecule has 0 saturated heterocycles. The van der Waals surface area contributed by atoms with Crippen molar-refractivity contribution < 1.29 is 9.59 Å². The van der Waals surface area contributed by atoms with Crippen molar-refractivity contribution in [3.8, 4) is 0 Å². The minimum absolute atomic E-state index is 0.0511. The van der Waals surface area contributed by atoms with E-state index >= 15 is 0 Å². The molecule has 1 atom stereocenters. The summed E-state index contributed by atoms with van der Waals surface area (Å²) in [5.41, 5.74) is 11.4. The third-order valence-corrected chi connectivity index (χ3v) is 6.55. The van der Waals surface area contributed by atoms with Gasteiger partial charge in [-0.15, -0.1) is 0 Å². The minimum Gasteiger partial charge on any atom is -0.338 e. The Labute approximate surface area is 198 Å². The second-order valence-electron chi connectivity index (χ2n) is 9.59. The number of carbonyl (C=O) groups is 2. The Balaban J connectivity index is 1.39. The molecule has 3 aliphatic rings. The van der Waals surface area contributed by atoms with E-state index in [1.54, 1.807) is 25.3 Å². The molecule has 3 heterocycles. The predicted octanol–water partition coefficient (Wildman–Crippen LogP) is 3.37. The Morgan fingerprint density at radius 3 is 2.91 bits per heavy atom. The van der Waals surface area contributed by atoms with E-state index in [-0.39, 0.29) is 23.3 Å². The lowest BCUT2D eigenvalue weighted by Gasteiger charge is -2.39. The van der Waals surface area contributed by atoms with Crippen molar-refractivity contribution in [2.75, 3.05) is 11.9 Å². The van der Waals surface area contributed by atoms with Gasteiger partial charge in [-0.05, 0) is 47.0 Å². The minimum atomic E-state index is -0.271. The number of carbonyl (C=O) groups excluding carboxylic acids is 2. The van der Waals surface area contributed by atoms with Crippen molar-refractivity contribution in [3.63, 3.8) is 0 Å². The highest BCUT2D eigenvalue weighted by Crippen LogP contribution is 2.35. The van der Waals surface area contributed by atoms with E-state index in [0.717, 1.165) is 11.3 Å². The third-order valence-electron chi connectivity index (χ3n) is 6.55. The highest BCUT2D eigenvalue weighted by atomic mass is 16.2. The van der Waals surface area contributed by atoms with Crippen LogP contribution in [-0.2, 0) is 16.8 Å². The number of amides is 2. The smallest absolute Gasteiger partial charge is 0.259 e. The molecule has 1 aromatic carbocycles. The molecule has 0 spiro atoms. The molecule has 8 heteroatoms. The molecular formula is C26H28N6O2. The third kappa shape index (κ3) is 4.24. The summed E-state index contributed by atoms with van der Waals surface area (Å²) in [6, 6.07) is 9.56. The number of hydrogen-bond acceptors (Lipinski definition) is 6. The van der Waals surface area contributed by atoms with Gasteiger partial charge in [0.25, 0.3) is 5.91 Å². The molecule has 1 unspecified atom stereocenters. The fraction of sp³-hybridized carbons (Fsp3) is 0.308. The summed E-state index contributed by atoms with van der Waals surface area (Å²) in [5.74, 6) is 0.169. The zero-order chi connectivity index (χ0) is 23.9. The lowest BCUT2D eigenvalue weighted by atomic mass is 9.78. The average molecular weight is 457 g/mol. The number of fused-ring (bicyclic) bond motifs is 2. The topological polar surface area (TPSA) is 98.7 Å². The van der Waals surface area contributed by atoms with Gasteiger partial charge in [-0.25, -0.2) is 15.4 Å². The highest BCUT2D eigenvalue weighted by molar-refractivity contribution is 6.08. The SMILES string of the molecule is CC(=O)N1Cc2cc(NC(=O)c3cccnc3N=C3C=CC4=CNNC4C3)ccc2C(C)(C)C1. The van der Waals surface area contributed by atoms with Crippen molar-refractivity contribution in [3.05, 3.63) is 77.1 Å². The lowest BCUT2D eigenvalue weighted by Crippen LogP contribution is -2.44. The van der Waals surface area contributed by atoms with Crippen molar-refractivity contribution in [2.24, 2.45) is 4.99 Å². The summed E-state index contributed by atoms with van der Waals surface area (Å²) >= 11 is 0. The monoisotopic (exact) mass is 456 g/mol. The van der Waals surface area contributed by atoms with E-state index < -0.39 is 0 Å². The number of hydrogen-bond donors (Lipinski definition) is 3. The van der Waals surface area contributed by atoms with Crippen LogP contribution in [0, 0.1) is 0 Å². The van der Waals surface area contributed by atoms with Gasteiger partial charge in [-0.1, -0.05) is 26.0 Å². The van der Waals surface area contributed by atoms with Gasteiger partial charge in [0.05, 0.1) is 11.6 Å². The van der Waals surface area contributed by atoms with E-state index in [4.69, 9.17) is 0 Å². The van der Waals surface area contributed by atoms with Crippen LogP contribution < -0.4 is 16.2 Å². The van der Waals surface area contributed by atoms with Crippen LogP contribution >= 0.6 is 0 Å². The first-order valence-electron chi connectivity index (χ1n) is 11.4. The van der Waals surface area contributed by atoms with E-state index in [2.05, 4.69) is 40.0 Å². The maximum Gasteiger partial charge on any atom is 0.259 e. The zero-order valence-corrected chi connectivity index (χ0v) is 19.6. The van der Waals surface area contributed by atoms with Gasteiger partial charge in [0.15, 0.2) is 5.82 Å². The summed E-state index contributed by atoms with van der Waals surface area (Å²) in [4.78, 5) is 36.1. The Kier molecular flexibility index (Phi) is 5.53. The van der Waals surface area contributed by atoms with Gasteiger partial charge in [0.2, 0.25) is 5.91 Å². The first-order valence-corrected chi connectivity index (χ1v) is 11.4. The van der Waals surface area contributed by atoms with Gasteiger partial charge in [-0.2, -0.15) is 0 Å². The molecule has 3 N–H and O–H groups in total. The van der Waals surface area contributed by atoms with Crippen LogP contribution in [0.25, 0.3) is 0 Å². The Hall–Kier alpha value is -3.78. The summed E-state index contributed by atoms with van der Waals surface area (Å²) < 4.78 is 0. The molecule has 1 aliphatic carbocycles. The fourth-order valence-electron chi connectivity index (χ4n) is 4.80. The second-order valence-corrected chi connectivity index (χ2v) is 9.59. The van der Waals surface area contributed by atoms with E-state index in [1.807, 2.05) is 41.5 Å². The maximum absolute atomic E-state index is 13.2. The zero-order valence-electron chi connectivity index (χ0n) is 19.6. The Bertz CT molecular complexity index is 1260. The lowest BCUT2D eigenvalue weighted by molar-refractivity contribution is -0.130. The van der Waals surface area contributed by atoms with Gasteiger partial charge < -0.3 is 15.6 Å². The van der Waals surface area contributed by atoms with Crippen molar-refractivity contribution in [1.82, 2.24) is 20.7 Å². The standard InChI is InChI=1S/C26H28N6O2/c1-16(33)32-14-18-11-19(8-9-22(18)26(2,3)15-32)30-25(34)21-5-4-10-27-24(21)29-20-7-6-17-13-28-31-23(17)12-20/h4-11,13,23,28,31H,12,14-15H2,1-3H3,(H,30,34). The van der Waals surface area contributed by atoms with Crippen molar-refractivity contribution >= 4 is 29.0 Å². The quantitative estimate of drug-likeness (QED) is 0.658. The molecule has 2 aliphatic heterocycles. The number of nitrogens with one attached hydrogen (secondary N) is 3. The number of aliphatic imine (C=N–C) groups is 1. The maximum atomic E-state index is 13.2. The number of aromatic nitrogens is 1. The Morgan fingerprint density at radius 2 is 2.09 bits per heavy atom. The summed E-state index contributed by atoms with van der Waals surface area (Å²) in [5, 5.41) is 2.99. The van der Waals surface area contributed by atoms with Crippen molar-refractivity contribution in [2.45, 2.75) is 45.2 Å². The second kappa shape index (κ2) is 8.53. The van der Waals surface area contributed by atoms with Crippen LogP contribution in [0.1, 0.15) is 48.7 Å². The molecule has 2 aromatic rings. The average Bonchev–Trinajstić information content (AvgIpc) is 3.26. The molecule has 1 aromatic heterocycles. The van der Waals surface area contributed by atoms with Crippen LogP contribution in [0.4, 0.5) is 11.5 Å². The molecule has 5 rings (SSSR count). The summed E-state index contributed by atoms with van der Waals surface area (Å²) in [6.45, 7) is 7.08. The number of anilines is 1. The number of nitrogens with zero attached hydrogens (tertiary/aromatic N) is 3. The largest absolute Gasteiger partial charge is 0.338 e. The molecule has 0 bridgehead atoms. The van der Waals surface area contributed by atoms with Crippen LogP contribution in [0.2, 0.25) is 0 Å². The molecular weight excluding hydrogens is 428 g/mol. The highest BCUT2D eigenvalue weighted by Gasteiger charge is 2.33. The fourth-order valence-corrected chi connectivity index (χ4v) is 4.80. The van der Waals surface area contributed by atoms with Crippen LogP contribution in [-0.4, -0.2) is 40.0 Å². The number of benzene rings is 1. The van der Waals surface area contributed by atoms with Gasteiger partial charge in [0.1, 0.15) is 0 Å². The predicted molar refractivity (Wildman–Crippen MR) is 132 cm³/mol. The van der Waals surface area contributed by atoms with Crippen molar-refractivity contribution in [1.29, 1.82) is 0 Å². The first kappa shape index (κ1) is 22.0. The molecule has 0 fully saturated rings. The van der Waals surface area contributed by atoms with Gasteiger partial charge in [-0.3, -0.25) is 9.59 Å². The molecule has 2 amide bonds. The van der Waals surface area contributed by atoms with Gasteiger partial charge in [0, 0.05) is 55.6 Å². The number of hydrazine groups is 1. The Morgan fingerprint density at radius 1 is 1.24 bits per heavy atom. The first-order chi connectivity index (χ1) is 16.3. The molecule has 174 valence electrons. The van der Waals surface area contributed by atoms with Crippen LogP contribution in [0.15, 0.2) is 65.4 Å². The van der Waals surface area contributed by atoms with Crippen LogP contribution in [0.5, 0.6) is 0 Å². The molecule has 8 nitrogen and oxygen atoms in total. The number of allylic oxidation sites excluding steroid dienone is 1. The molecule has 34 heavy (non-hydrogen) atoms. The number of rotatable bonds is 3.